The monoisotopic (exact) mass is 271 g/mol. The zero-order valence-corrected chi connectivity index (χ0v) is 11.7. The summed E-state index contributed by atoms with van der Waals surface area (Å²) in [7, 11) is 0. The first-order valence-corrected chi connectivity index (χ1v) is 7.18. The molecule has 0 spiro atoms. The smallest absolute Gasteiger partial charge is 0.230 e. The van der Waals surface area contributed by atoms with E-state index < -0.39 is 0 Å². The van der Waals surface area contributed by atoms with E-state index in [9.17, 15) is 4.79 Å². The number of carbonyl (C=O) groups excluding carboxylic acids is 1. The van der Waals surface area contributed by atoms with Gasteiger partial charge < -0.3 is 5.32 Å². The molecular formula is C13H18ClNOS. The maximum atomic E-state index is 11.7. The highest BCUT2D eigenvalue weighted by atomic mass is 35.5. The molecule has 1 amide bonds. The zero-order valence-electron chi connectivity index (χ0n) is 10.2. The van der Waals surface area contributed by atoms with Crippen molar-refractivity contribution in [3.63, 3.8) is 0 Å². The van der Waals surface area contributed by atoms with Crippen LogP contribution in [-0.2, 0) is 4.79 Å². The topological polar surface area (TPSA) is 29.1 Å². The molecule has 2 atom stereocenters. The summed E-state index contributed by atoms with van der Waals surface area (Å²) in [4.78, 5) is 12.8. The van der Waals surface area contributed by atoms with Crippen molar-refractivity contribution < 1.29 is 4.79 Å². The Bertz CT molecular complexity index is 345. The van der Waals surface area contributed by atoms with Crippen molar-refractivity contribution in [2.24, 2.45) is 5.92 Å². The molecule has 1 aromatic carbocycles. The summed E-state index contributed by atoms with van der Waals surface area (Å²) < 4.78 is 0. The van der Waals surface area contributed by atoms with Crippen LogP contribution in [0.4, 0.5) is 0 Å². The van der Waals surface area contributed by atoms with Gasteiger partial charge in [0.1, 0.15) is 0 Å². The second kappa shape index (κ2) is 7.62. The molecule has 17 heavy (non-hydrogen) atoms. The largest absolute Gasteiger partial charge is 0.353 e. The number of halogens is 1. The quantitative estimate of drug-likeness (QED) is 0.636. The minimum atomic E-state index is 0.0586. The summed E-state index contributed by atoms with van der Waals surface area (Å²) in [6, 6.07) is 10.0. The van der Waals surface area contributed by atoms with Gasteiger partial charge in [-0.2, -0.15) is 0 Å². The highest BCUT2D eigenvalue weighted by molar-refractivity contribution is 8.00. The maximum Gasteiger partial charge on any atom is 0.230 e. The number of rotatable bonds is 6. The Morgan fingerprint density at radius 3 is 2.59 bits per heavy atom. The molecule has 0 bridgehead atoms. The number of benzene rings is 1. The van der Waals surface area contributed by atoms with E-state index in [0.29, 0.717) is 17.6 Å². The predicted molar refractivity (Wildman–Crippen MR) is 74.7 cm³/mol. The van der Waals surface area contributed by atoms with E-state index in [1.807, 2.05) is 44.2 Å². The van der Waals surface area contributed by atoms with Crippen molar-refractivity contribution in [1.29, 1.82) is 0 Å². The van der Waals surface area contributed by atoms with Crippen molar-refractivity contribution in [3.05, 3.63) is 30.3 Å². The van der Waals surface area contributed by atoms with E-state index in [0.717, 1.165) is 4.90 Å². The third kappa shape index (κ3) is 5.46. The van der Waals surface area contributed by atoms with Crippen molar-refractivity contribution in [3.8, 4) is 0 Å². The summed E-state index contributed by atoms with van der Waals surface area (Å²) in [5, 5.41) is 2.96. The third-order valence-corrected chi connectivity index (χ3v) is 4.10. The fraction of sp³-hybridized carbons (Fsp3) is 0.462. The molecule has 94 valence electrons. The van der Waals surface area contributed by atoms with E-state index in [2.05, 4.69) is 5.32 Å². The Kier molecular flexibility index (Phi) is 6.45. The molecule has 0 aliphatic rings. The molecule has 0 fully saturated rings. The minimum Gasteiger partial charge on any atom is -0.353 e. The van der Waals surface area contributed by atoms with Crippen molar-refractivity contribution in [1.82, 2.24) is 5.32 Å². The van der Waals surface area contributed by atoms with Crippen LogP contribution in [0.1, 0.15) is 13.8 Å². The lowest BCUT2D eigenvalue weighted by molar-refractivity contribution is -0.119. The summed E-state index contributed by atoms with van der Waals surface area (Å²) in [5.41, 5.74) is 0. The van der Waals surface area contributed by atoms with Crippen LogP contribution in [0.2, 0.25) is 0 Å². The molecule has 0 heterocycles. The molecule has 1 rings (SSSR count). The number of carbonyl (C=O) groups is 1. The van der Waals surface area contributed by atoms with Crippen LogP contribution in [0.5, 0.6) is 0 Å². The molecule has 0 saturated heterocycles. The van der Waals surface area contributed by atoms with Crippen LogP contribution in [-0.4, -0.2) is 23.6 Å². The molecule has 0 radical (unpaired) electrons. The first kappa shape index (κ1) is 14.4. The average molecular weight is 272 g/mol. The van der Waals surface area contributed by atoms with E-state index in [-0.39, 0.29) is 11.9 Å². The molecule has 0 saturated carbocycles. The zero-order chi connectivity index (χ0) is 12.7. The van der Waals surface area contributed by atoms with Crippen LogP contribution in [0, 0.1) is 5.92 Å². The first-order valence-electron chi connectivity index (χ1n) is 5.66. The standard InChI is InChI=1S/C13H18ClNOS/c1-10(8-14)11(2)15-13(16)9-17-12-6-4-3-5-7-12/h3-7,10-11H,8-9H2,1-2H3,(H,15,16). The number of nitrogens with one attached hydrogen (secondary N) is 1. The van der Waals surface area contributed by atoms with Gasteiger partial charge in [0.15, 0.2) is 0 Å². The van der Waals surface area contributed by atoms with E-state index >= 15 is 0 Å². The molecule has 2 unspecified atom stereocenters. The Hall–Kier alpha value is -0.670. The van der Waals surface area contributed by atoms with Gasteiger partial charge in [0, 0.05) is 16.8 Å². The van der Waals surface area contributed by atoms with E-state index in [1.165, 1.54) is 0 Å². The summed E-state index contributed by atoms with van der Waals surface area (Å²) in [6.07, 6.45) is 0. The lowest BCUT2D eigenvalue weighted by Crippen LogP contribution is -2.38. The molecule has 1 N–H and O–H groups in total. The van der Waals surface area contributed by atoms with E-state index in [1.54, 1.807) is 11.8 Å². The van der Waals surface area contributed by atoms with Gasteiger partial charge in [0.2, 0.25) is 5.91 Å². The number of hydrogen-bond donors (Lipinski definition) is 1. The summed E-state index contributed by atoms with van der Waals surface area (Å²) in [6.45, 7) is 4.01. The SMILES string of the molecule is CC(CCl)C(C)NC(=O)CSc1ccccc1. The number of hydrogen-bond acceptors (Lipinski definition) is 2. The Morgan fingerprint density at radius 1 is 1.35 bits per heavy atom. The van der Waals surface area contributed by atoms with Gasteiger partial charge in [0.25, 0.3) is 0 Å². The normalized spacial score (nSPS) is 14.1. The maximum absolute atomic E-state index is 11.7. The Labute approximate surface area is 112 Å². The van der Waals surface area contributed by atoms with Crippen molar-refractivity contribution >= 4 is 29.3 Å². The molecule has 1 aromatic rings. The lowest BCUT2D eigenvalue weighted by Gasteiger charge is -2.18. The molecule has 0 aliphatic carbocycles. The van der Waals surface area contributed by atoms with Crippen LogP contribution in [0.25, 0.3) is 0 Å². The van der Waals surface area contributed by atoms with Crippen molar-refractivity contribution in [2.45, 2.75) is 24.8 Å². The lowest BCUT2D eigenvalue weighted by atomic mass is 10.1. The highest BCUT2D eigenvalue weighted by Crippen LogP contribution is 2.16. The highest BCUT2D eigenvalue weighted by Gasteiger charge is 2.13. The fourth-order valence-corrected chi connectivity index (χ4v) is 2.24. The van der Waals surface area contributed by atoms with Crippen molar-refractivity contribution in [2.75, 3.05) is 11.6 Å². The van der Waals surface area contributed by atoms with Gasteiger partial charge in [-0.05, 0) is 25.0 Å². The molecule has 0 aromatic heterocycles. The van der Waals surface area contributed by atoms with Gasteiger partial charge in [-0.3, -0.25) is 4.79 Å². The third-order valence-electron chi connectivity index (χ3n) is 2.60. The van der Waals surface area contributed by atoms with E-state index in [4.69, 9.17) is 11.6 Å². The minimum absolute atomic E-state index is 0.0586. The molecule has 0 aliphatic heterocycles. The number of thioether (sulfide) groups is 1. The first-order chi connectivity index (χ1) is 8.13. The van der Waals surface area contributed by atoms with Gasteiger partial charge in [-0.1, -0.05) is 25.1 Å². The van der Waals surface area contributed by atoms with Gasteiger partial charge in [0.05, 0.1) is 5.75 Å². The predicted octanol–water partition coefficient (Wildman–Crippen LogP) is 3.16. The van der Waals surface area contributed by atoms with Crippen LogP contribution < -0.4 is 5.32 Å². The van der Waals surface area contributed by atoms with Crippen LogP contribution >= 0.6 is 23.4 Å². The summed E-state index contributed by atoms with van der Waals surface area (Å²) in [5.74, 6) is 1.36. The fourth-order valence-electron chi connectivity index (χ4n) is 1.24. The molecular weight excluding hydrogens is 254 g/mol. The average Bonchev–Trinajstić information content (AvgIpc) is 2.36. The summed E-state index contributed by atoms with van der Waals surface area (Å²) >= 11 is 7.29. The van der Waals surface area contributed by atoms with Gasteiger partial charge in [-0.25, -0.2) is 0 Å². The van der Waals surface area contributed by atoms with Crippen LogP contribution in [0.15, 0.2) is 35.2 Å². The number of alkyl halides is 1. The Balaban J connectivity index is 2.31. The molecule has 4 heteroatoms. The second-order valence-electron chi connectivity index (χ2n) is 4.09. The number of amides is 1. The molecule has 2 nitrogen and oxygen atoms in total. The van der Waals surface area contributed by atoms with Gasteiger partial charge in [-0.15, -0.1) is 23.4 Å². The van der Waals surface area contributed by atoms with Crippen LogP contribution in [0.3, 0.4) is 0 Å². The second-order valence-corrected chi connectivity index (χ2v) is 5.45. The Morgan fingerprint density at radius 2 is 2.00 bits per heavy atom. The van der Waals surface area contributed by atoms with Gasteiger partial charge >= 0.3 is 0 Å².